The molecule has 0 bridgehead atoms. The van der Waals surface area contributed by atoms with E-state index in [1.165, 1.54) is 4.57 Å². The van der Waals surface area contributed by atoms with Crippen molar-refractivity contribution in [2.75, 3.05) is 12.4 Å². The Balaban J connectivity index is 1.55. The fraction of sp³-hybridized carbons (Fsp3) is 0.333. The Bertz CT molecular complexity index is 1320. The molecule has 0 atom stereocenters. The number of benzene rings is 1. The molecule has 8 nitrogen and oxygen atoms in total. The smallest absolute Gasteiger partial charge is 0.434 e. The second kappa shape index (κ2) is 9.40. The van der Waals surface area contributed by atoms with Crippen LogP contribution in [-0.2, 0) is 19.8 Å². The number of anilines is 1. The quantitative estimate of drug-likeness (QED) is 0.384. The Labute approximate surface area is 200 Å². The first kappa shape index (κ1) is 24.2. The molecular weight excluding hydrogens is 459 g/mol. The number of hydrogen-bond donors (Lipinski definition) is 1. The molecule has 1 aromatic carbocycles. The predicted molar refractivity (Wildman–Crippen MR) is 126 cm³/mol. The summed E-state index contributed by atoms with van der Waals surface area (Å²) in [5.41, 5.74) is 2.38. The molecule has 1 N–H and O–H groups in total. The van der Waals surface area contributed by atoms with Crippen LogP contribution >= 0.6 is 0 Å². The van der Waals surface area contributed by atoms with Gasteiger partial charge in [-0.15, -0.1) is 0 Å². The van der Waals surface area contributed by atoms with Crippen molar-refractivity contribution in [2.24, 2.45) is 7.05 Å². The van der Waals surface area contributed by atoms with Crippen molar-refractivity contribution in [2.45, 2.75) is 39.5 Å². The Kier molecular flexibility index (Phi) is 6.51. The van der Waals surface area contributed by atoms with Crippen LogP contribution < -0.4 is 10.1 Å². The molecule has 0 amide bonds. The first-order chi connectivity index (χ1) is 16.6. The highest BCUT2D eigenvalue weighted by Gasteiger charge is 2.34. The lowest BCUT2D eigenvalue weighted by Crippen LogP contribution is -2.09. The molecule has 0 spiro atoms. The van der Waals surface area contributed by atoms with Gasteiger partial charge in [0.2, 0.25) is 0 Å². The molecule has 35 heavy (non-hydrogen) atoms. The maximum atomic E-state index is 13.0. The molecule has 3 heterocycles. The van der Waals surface area contributed by atoms with Gasteiger partial charge in [0, 0.05) is 31.4 Å². The average molecular weight is 486 g/mol. The molecule has 4 rings (SSSR count). The van der Waals surface area contributed by atoms with Crippen LogP contribution in [0, 0.1) is 6.92 Å². The van der Waals surface area contributed by atoms with Gasteiger partial charge in [-0.05, 0) is 31.9 Å². The van der Waals surface area contributed by atoms with Gasteiger partial charge in [0.15, 0.2) is 23.1 Å². The van der Waals surface area contributed by atoms with Crippen molar-refractivity contribution < 1.29 is 17.9 Å². The van der Waals surface area contributed by atoms with E-state index in [0.717, 1.165) is 23.0 Å². The van der Waals surface area contributed by atoms with E-state index in [1.54, 1.807) is 38.7 Å². The molecule has 0 radical (unpaired) electrons. The lowest BCUT2D eigenvalue weighted by molar-refractivity contribution is -0.140. The third-order valence-electron chi connectivity index (χ3n) is 5.49. The number of alkyl halides is 3. The Morgan fingerprint density at radius 2 is 1.80 bits per heavy atom. The number of hydrogen-bond acceptors (Lipinski definition) is 6. The van der Waals surface area contributed by atoms with Crippen LogP contribution in [-0.4, -0.2) is 36.4 Å². The van der Waals surface area contributed by atoms with Crippen molar-refractivity contribution in [3.63, 3.8) is 0 Å². The first-order valence-electron chi connectivity index (χ1n) is 11.0. The summed E-state index contributed by atoms with van der Waals surface area (Å²) in [4.78, 5) is 12.9. The zero-order valence-corrected chi connectivity index (χ0v) is 20.1. The van der Waals surface area contributed by atoms with E-state index in [0.29, 0.717) is 29.5 Å². The van der Waals surface area contributed by atoms with E-state index >= 15 is 0 Å². The van der Waals surface area contributed by atoms with Gasteiger partial charge in [-0.1, -0.05) is 24.3 Å². The van der Waals surface area contributed by atoms with Crippen LogP contribution in [0.4, 0.5) is 19.0 Å². The van der Waals surface area contributed by atoms with Crippen LogP contribution in [0.1, 0.15) is 36.7 Å². The maximum Gasteiger partial charge on any atom is 0.434 e. The molecule has 0 aliphatic heterocycles. The number of methoxy groups -OCH3 is 1. The first-order valence-corrected chi connectivity index (χ1v) is 11.0. The predicted octanol–water partition coefficient (Wildman–Crippen LogP) is 5.27. The van der Waals surface area contributed by atoms with E-state index in [9.17, 15) is 13.2 Å². The SMILES string of the molecule is COc1cnc(-c2c(C)cnn2C(C)C)nc1NCc1ccc(-c2nc(C(F)(F)F)cn2C)cc1. The van der Waals surface area contributed by atoms with E-state index in [1.807, 2.05) is 37.6 Å². The summed E-state index contributed by atoms with van der Waals surface area (Å²) in [7, 11) is 3.09. The van der Waals surface area contributed by atoms with Gasteiger partial charge in [0.05, 0.1) is 19.5 Å². The zero-order valence-electron chi connectivity index (χ0n) is 20.1. The largest absolute Gasteiger partial charge is 0.491 e. The highest BCUT2D eigenvalue weighted by atomic mass is 19.4. The average Bonchev–Trinajstić information content (AvgIpc) is 3.40. The van der Waals surface area contributed by atoms with Crippen molar-refractivity contribution in [3.8, 4) is 28.7 Å². The van der Waals surface area contributed by atoms with Crippen molar-refractivity contribution >= 4 is 5.82 Å². The maximum absolute atomic E-state index is 13.0. The summed E-state index contributed by atoms with van der Waals surface area (Å²) >= 11 is 0. The number of halogens is 3. The van der Waals surface area contributed by atoms with Gasteiger partial charge in [-0.2, -0.15) is 18.3 Å². The molecule has 4 aromatic rings. The van der Waals surface area contributed by atoms with E-state index < -0.39 is 11.9 Å². The second-order valence-electron chi connectivity index (χ2n) is 8.43. The Morgan fingerprint density at radius 3 is 2.40 bits per heavy atom. The monoisotopic (exact) mass is 485 g/mol. The summed E-state index contributed by atoms with van der Waals surface area (Å²) in [6.45, 7) is 6.46. The Morgan fingerprint density at radius 1 is 1.09 bits per heavy atom. The summed E-state index contributed by atoms with van der Waals surface area (Å²) in [6.07, 6.45) is -0.0987. The zero-order chi connectivity index (χ0) is 25.3. The lowest BCUT2D eigenvalue weighted by atomic mass is 10.1. The number of nitrogens with zero attached hydrogens (tertiary/aromatic N) is 6. The van der Waals surface area contributed by atoms with Crippen molar-refractivity contribution in [1.82, 2.24) is 29.3 Å². The molecule has 11 heteroatoms. The van der Waals surface area contributed by atoms with E-state index in [2.05, 4.69) is 25.4 Å². The summed E-state index contributed by atoms with van der Waals surface area (Å²) in [5, 5.41) is 7.70. The van der Waals surface area contributed by atoms with Gasteiger partial charge in [0.1, 0.15) is 11.5 Å². The molecule has 0 saturated heterocycles. The second-order valence-corrected chi connectivity index (χ2v) is 8.43. The minimum absolute atomic E-state index is 0.144. The van der Waals surface area contributed by atoms with Crippen LogP contribution in [0.15, 0.2) is 42.9 Å². The standard InChI is InChI=1S/C24H26F3N7O/c1-14(2)34-20(15(3)10-30-34)22-29-12-18(35-5)21(32-22)28-11-16-6-8-17(9-7-16)23-31-19(13-33(23)4)24(25,26)27/h6-10,12-14H,11H2,1-5H3,(H,28,29,32). The fourth-order valence-corrected chi connectivity index (χ4v) is 3.71. The molecule has 0 aliphatic carbocycles. The number of rotatable bonds is 7. The van der Waals surface area contributed by atoms with E-state index in [4.69, 9.17) is 4.74 Å². The summed E-state index contributed by atoms with van der Waals surface area (Å²) in [6, 6.07) is 7.29. The van der Waals surface area contributed by atoms with Crippen LogP contribution in [0.25, 0.3) is 22.9 Å². The van der Waals surface area contributed by atoms with Gasteiger partial charge >= 0.3 is 6.18 Å². The molecule has 0 fully saturated rings. The van der Waals surface area contributed by atoms with Crippen LogP contribution in [0.2, 0.25) is 0 Å². The number of aromatic nitrogens is 6. The molecule has 0 saturated carbocycles. The summed E-state index contributed by atoms with van der Waals surface area (Å²) in [5.74, 6) is 1.79. The minimum atomic E-state index is -4.49. The van der Waals surface area contributed by atoms with Gasteiger partial charge in [-0.3, -0.25) is 4.68 Å². The molecular formula is C24H26F3N7O. The highest BCUT2D eigenvalue weighted by Crippen LogP contribution is 2.31. The number of nitrogens with one attached hydrogen (secondary N) is 1. The molecule has 3 aromatic heterocycles. The fourth-order valence-electron chi connectivity index (χ4n) is 3.71. The highest BCUT2D eigenvalue weighted by molar-refractivity contribution is 5.61. The van der Waals surface area contributed by atoms with Crippen LogP contribution in [0.3, 0.4) is 0 Å². The third kappa shape index (κ3) is 4.98. The molecule has 0 aliphatic rings. The normalized spacial score (nSPS) is 11.8. The third-order valence-corrected chi connectivity index (χ3v) is 5.49. The van der Waals surface area contributed by atoms with Gasteiger partial charge in [-0.25, -0.2) is 15.0 Å². The van der Waals surface area contributed by atoms with Crippen molar-refractivity contribution in [3.05, 3.63) is 59.7 Å². The van der Waals surface area contributed by atoms with Crippen LogP contribution in [0.5, 0.6) is 5.75 Å². The number of ether oxygens (including phenoxy) is 1. The minimum Gasteiger partial charge on any atom is -0.491 e. The van der Waals surface area contributed by atoms with E-state index in [-0.39, 0.29) is 11.9 Å². The topological polar surface area (TPSA) is 82.7 Å². The molecule has 0 unspecified atom stereocenters. The lowest BCUT2D eigenvalue weighted by Gasteiger charge is -2.14. The summed E-state index contributed by atoms with van der Waals surface area (Å²) < 4.78 is 47.6. The van der Waals surface area contributed by atoms with Gasteiger partial charge in [0.25, 0.3) is 0 Å². The van der Waals surface area contributed by atoms with Crippen molar-refractivity contribution in [1.29, 1.82) is 0 Å². The molecule has 184 valence electrons. The number of imidazole rings is 1. The Hall–Kier alpha value is -3.89. The van der Waals surface area contributed by atoms with Gasteiger partial charge < -0.3 is 14.6 Å². The number of aryl methyl sites for hydroxylation is 2.